The van der Waals surface area contributed by atoms with Crippen LogP contribution in [0.15, 0.2) is 6.07 Å². The molecule has 1 rings (SSSR count). The highest BCUT2D eigenvalue weighted by Gasteiger charge is 2.07. The predicted molar refractivity (Wildman–Crippen MR) is 45.0 cm³/mol. The molecule has 0 unspecified atom stereocenters. The molecule has 1 heterocycles. The van der Waals surface area contributed by atoms with E-state index < -0.39 is 0 Å². The Balaban J connectivity index is 3.11. The maximum atomic E-state index is 10.5. The molecule has 0 aromatic carbocycles. The maximum absolute atomic E-state index is 10.5. The number of aldehydes is 1. The number of hydrogen-bond acceptors (Lipinski definition) is 1. The van der Waals surface area contributed by atoms with Crippen LogP contribution in [0.4, 0.5) is 0 Å². The fourth-order valence-corrected chi connectivity index (χ4v) is 1.21. The third kappa shape index (κ3) is 1.50. The van der Waals surface area contributed by atoms with Crippen molar-refractivity contribution in [2.45, 2.75) is 26.7 Å². The van der Waals surface area contributed by atoms with Gasteiger partial charge in [-0.15, -0.1) is 0 Å². The summed E-state index contributed by atoms with van der Waals surface area (Å²) in [5, 5.41) is 0. The molecule has 1 N–H and O–H groups in total. The van der Waals surface area contributed by atoms with Crippen LogP contribution in [0.25, 0.3) is 0 Å². The lowest BCUT2D eigenvalue weighted by Gasteiger charge is -2.00. The second-order valence-electron chi connectivity index (χ2n) is 3.09. The Labute approximate surface area is 66.6 Å². The molecule has 11 heavy (non-hydrogen) atoms. The lowest BCUT2D eigenvalue weighted by molar-refractivity contribution is 0.111. The first-order valence-electron chi connectivity index (χ1n) is 3.80. The van der Waals surface area contributed by atoms with Gasteiger partial charge in [0.15, 0.2) is 6.29 Å². The van der Waals surface area contributed by atoms with Crippen LogP contribution in [0.2, 0.25) is 0 Å². The molecule has 1 aromatic heterocycles. The molecule has 0 amide bonds. The lowest BCUT2D eigenvalue weighted by Crippen LogP contribution is -1.90. The number of hydrogen-bond donors (Lipinski definition) is 1. The molecule has 0 aliphatic carbocycles. The lowest BCUT2D eigenvalue weighted by atomic mass is 10.0. The Morgan fingerprint density at radius 1 is 1.55 bits per heavy atom. The van der Waals surface area contributed by atoms with E-state index >= 15 is 0 Å². The summed E-state index contributed by atoms with van der Waals surface area (Å²) >= 11 is 0. The zero-order chi connectivity index (χ0) is 8.43. The Kier molecular flexibility index (Phi) is 2.13. The van der Waals surface area contributed by atoms with Crippen molar-refractivity contribution in [2.75, 3.05) is 0 Å². The van der Waals surface area contributed by atoms with E-state index in [2.05, 4.69) is 18.8 Å². The first-order valence-corrected chi connectivity index (χ1v) is 3.80. The number of aromatic amines is 1. The Morgan fingerprint density at radius 3 is 2.55 bits per heavy atom. The summed E-state index contributed by atoms with van der Waals surface area (Å²) in [5.74, 6) is 0.417. The van der Waals surface area contributed by atoms with Crippen LogP contribution in [0.3, 0.4) is 0 Å². The minimum Gasteiger partial charge on any atom is -0.356 e. The van der Waals surface area contributed by atoms with E-state index in [-0.39, 0.29) is 0 Å². The fraction of sp³-hybridized carbons (Fsp3) is 0.444. The standard InChI is InChI=1S/C9H13NO/c1-6(2)8-4-7(3)10-9(8)5-11/h4-6,10H,1-3H3. The van der Waals surface area contributed by atoms with E-state index in [1.807, 2.05) is 13.0 Å². The molecule has 0 atom stereocenters. The van der Waals surface area contributed by atoms with E-state index in [1.165, 1.54) is 0 Å². The molecule has 2 heteroatoms. The summed E-state index contributed by atoms with van der Waals surface area (Å²) in [6, 6.07) is 2.02. The van der Waals surface area contributed by atoms with E-state index in [9.17, 15) is 4.79 Å². The van der Waals surface area contributed by atoms with Gasteiger partial charge in [-0.2, -0.15) is 0 Å². The number of carbonyl (C=O) groups excluding carboxylic acids is 1. The van der Waals surface area contributed by atoms with Crippen molar-refractivity contribution in [2.24, 2.45) is 0 Å². The normalized spacial score (nSPS) is 10.5. The Hall–Kier alpha value is -1.05. The number of carbonyl (C=O) groups is 1. The highest BCUT2D eigenvalue weighted by molar-refractivity contribution is 5.75. The van der Waals surface area contributed by atoms with Crippen molar-refractivity contribution in [3.05, 3.63) is 23.0 Å². The van der Waals surface area contributed by atoms with Gasteiger partial charge in [0.2, 0.25) is 0 Å². The van der Waals surface area contributed by atoms with Gasteiger partial charge in [-0.05, 0) is 24.5 Å². The van der Waals surface area contributed by atoms with Crippen molar-refractivity contribution in [1.82, 2.24) is 4.98 Å². The van der Waals surface area contributed by atoms with Crippen molar-refractivity contribution in [3.8, 4) is 0 Å². The molecule has 0 saturated heterocycles. The minimum atomic E-state index is 0.417. The number of nitrogens with one attached hydrogen (secondary N) is 1. The van der Waals surface area contributed by atoms with Crippen LogP contribution in [-0.4, -0.2) is 11.3 Å². The smallest absolute Gasteiger partial charge is 0.166 e. The Bertz CT molecular complexity index is 261. The minimum absolute atomic E-state index is 0.417. The molecule has 0 spiro atoms. The molecule has 0 bridgehead atoms. The van der Waals surface area contributed by atoms with Gasteiger partial charge in [-0.1, -0.05) is 13.8 Å². The maximum Gasteiger partial charge on any atom is 0.166 e. The highest BCUT2D eigenvalue weighted by atomic mass is 16.1. The SMILES string of the molecule is Cc1cc(C(C)C)c(C=O)[nH]1. The van der Waals surface area contributed by atoms with Gasteiger partial charge < -0.3 is 4.98 Å². The summed E-state index contributed by atoms with van der Waals surface area (Å²) in [7, 11) is 0. The molecule has 2 nitrogen and oxygen atoms in total. The van der Waals surface area contributed by atoms with Crippen LogP contribution in [0, 0.1) is 6.92 Å². The molecule has 0 radical (unpaired) electrons. The van der Waals surface area contributed by atoms with Gasteiger partial charge in [0.1, 0.15) is 0 Å². The summed E-state index contributed by atoms with van der Waals surface area (Å²) < 4.78 is 0. The largest absolute Gasteiger partial charge is 0.356 e. The zero-order valence-corrected chi connectivity index (χ0v) is 7.14. The van der Waals surface area contributed by atoms with E-state index in [1.54, 1.807) is 0 Å². The van der Waals surface area contributed by atoms with Crippen molar-refractivity contribution >= 4 is 6.29 Å². The van der Waals surface area contributed by atoms with E-state index in [0.717, 1.165) is 23.2 Å². The molecule has 1 aromatic rings. The van der Waals surface area contributed by atoms with E-state index in [4.69, 9.17) is 0 Å². The summed E-state index contributed by atoms with van der Waals surface area (Å²) in [5.41, 5.74) is 2.88. The van der Waals surface area contributed by atoms with Crippen molar-refractivity contribution < 1.29 is 4.79 Å². The van der Waals surface area contributed by atoms with Crippen LogP contribution in [0.1, 0.15) is 41.5 Å². The van der Waals surface area contributed by atoms with Gasteiger partial charge in [-0.25, -0.2) is 0 Å². The zero-order valence-electron chi connectivity index (χ0n) is 7.14. The second-order valence-corrected chi connectivity index (χ2v) is 3.09. The molecule has 0 aliphatic heterocycles. The van der Waals surface area contributed by atoms with Gasteiger partial charge in [-0.3, -0.25) is 4.79 Å². The molecule has 0 fully saturated rings. The molecular weight excluding hydrogens is 138 g/mol. The first kappa shape index (κ1) is 8.05. The molecular formula is C9H13NO. The molecule has 0 aliphatic rings. The second kappa shape index (κ2) is 2.91. The van der Waals surface area contributed by atoms with E-state index in [0.29, 0.717) is 5.92 Å². The van der Waals surface area contributed by atoms with Crippen LogP contribution < -0.4 is 0 Å². The molecule has 60 valence electrons. The topological polar surface area (TPSA) is 32.9 Å². The quantitative estimate of drug-likeness (QED) is 0.646. The third-order valence-corrected chi connectivity index (χ3v) is 1.75. The summed E-state index contributed by atoms with van der Waals surface area (Å²) in [4.78, 5) is 13.5. The first-order chi connectivity index (χ1) is 5.15. The van der Waals surface area contributed by atoms with Gasteiger partial charge in [0, 0.05) is 5.69 Å². The van der Waals surface area contributed by atoms with Gasteiger partial charge >= 0.3 is 0 Å². The number of rotatable bonds is 2. The van der Waals surface area contributed by atoms with Crippen LogP contribution >= 0.6 is 0 Å². The van der Waals surface area contributed by atoms with Gasteiger partial charge in [0.25, 0.3) is 0 Å². The predicted octanol–water partition coefficient (Wildman–Crippen LogP) is 2.26. The Morgan fingerprint density at radius 2 is 2.18 bits per heavy atom. The summed E-state index contributed by atoms with van der Waals surface area (Å²) in [6.07, 6.45) is 0.877. The van der Waals surface area contributed by atoms with Crippen LogP contribution in [0.5, 0.6) is 0 Å². The summed E-state index contributed by atoms with van der Waals surface area (Å²) in [6.45, 7) is 6.12. The fourth-order valence-electron chi connectivity index (χ4n) is 1.21. The van der Waals surface area contributed by atoms with Crippen molar-refractivity contribution in [3.63, 3.8) is 0 Å². The average molecular weight is 151 g/mol. The van der Waals surface area contributed by atoms with Gasteiger partial charge in [0.05, 0.1) is 5.69 Å². The molecule has 0 saturated carbocycles. The third-order valence-electron chi connectivity index (χ3n) is 1.75. The average Bonchev–Trinajstić information content (AvgIpc) is 2.30. The highest BCUT2D eigenvalue weighted by Crippen LogP contribution is 2.18. The van der Waals surface area contributed by atoms with Crippen molar-refractivity contribution in [1.29, 1.82) is 0 Å². The number of aromatic nitrogens is 1. The monoisotopic (exact) mass is 151 g/mol. The number of aryl methyl sites for hydroxylation is 1. The number of H-pyrrole nitrogens is 1. The van der Waals surface area contributed by atoms with Crippen LogP contribution in [-0.2, 0) is 0 Å².